The van der Waals surface area contributed by atoms with Gasteiger partial charge in [-0.05, 0) is 25.0 Å². The standard InChI is InChI=1S/C15H18N2O4S/c1-10(14(18)16-12-6-7-22(20,21)9-12)17-8-11-4-2-3-5-13(11)15(17)19/h2-5,10,12H,6-9H2,1H3,(H,16,18)/t10-,12?/m0/s1. The van der Waals surface area contributed by atoms with Gasteiger partial charge in [0.1, 0.15) is 6.04 Å². The fourth-order valence-corrected chi connectivity index (χ4v) is 4.64. The quantitative estimate of drug-likeness (QED) is 0.869. The Kier molecular flexibility index (Phi) is 3.68. The van der Waals surface area contributed by atoms with E-state index >= 15 is 0 Å². The molecule has 0 aliphatic carbocycles. The molecule has 22 heavy (non-hydrogen) atoms. The Labute approximate surface area is 129 Å². The number of sulfone groups is 1. The van der Waals surface area contributed by atoms with Crippen LogP contribution in [0.1, 0.15) is 29.3 Å². The molecule has 1 aromatic carbocycles. The van der Waals surface area contributed by atoms with Crippen molar-refractivity contribution in [1.82, 2.24) is 10.2 Å². The molecule has 7 heteroatoms. The van der Waals surface area contributed by atoms with Crippen molar-refractivity contribution < 1.29 is 18.0 Å². The molecule has 1 aromatic rings. The van der Waals surface area contributed by atoms with Gasteiger partial charge in [0.25, 0.3) is 5.91 Å². The van der Waals surface area contributed by atoms with Crippen LogP contribution in [-0.2, 0) is 21.2 Å². The molecule has 0 bridgehead atoms. The van der Waals surface area contributed by atoms with Crippen LogP contribution in [0.15, 0.2) is 24.3 Å². The third-order valence-corrected chi connectivity index (χ3v) is 6.04. The molecule has 1 fully saturated rings. The first-order chi connectivity index (χ1) is 10.4. The molecule has 3 rings (SSSR count). The van der Waals surface area contributed by atoms with Gasteiger partial charge in [0.2, 0.25) is 5.91 Å². The summed E-state index contributed by atoms with van der Waals surface area (Å²) < 4.78 is 22.9. The molecule has 6 nitrogen and oxygen atoms in total. The van der Waals surface area contributed by atoms with E-state index in [1.54, 1.807) is 19.1 Å². The van der Waals surface area contributed by atoms with Crippen LogP contribution in [0.3, 0.4) is 0 Å². The largest absolute Gasteiger partial charge is 0.351 e. The lowest BCUT2D eigenvalue weighted by atomic mass is 10.1. The highest BCUT2D eigenvalue weighted by atomic mass is 32.2. The van der Waals surface area contributed by atoms with Gasteiger partial charge < -0.3 is 10.2 Å². The molecular weight excluding hydrogens is 304 g/mol. The second kappa shape index (κ2) is 5.39. The van der Waals surface area contributed by atoms with E-state index in [0.717, 1.165) is 5.56 Å². The maximum absolute atomic E-state index is 12.3. The minimum absolute atomic E-state index is 0.0143. The van der Waals surface area contributed by atoms with E-state index in [1.807, 2.05) is 12.1 Å². The third-order valence-electron chi connectivity index (χ3n) is 4.28. The average Bonchev–Trinajstić information content (AvgIpc) is 2.99. The maximum atomic E-state index is 12.3. The molecular formula is C15H18N2O4S. The summed E-state index contributed by atoms with van der Waals surface area (Å²) in [5.74, 6) is -0.361. The highest BCUT2D eigenvalue weighted by Crippen LogP contribution is 2.24. The molecule has 2 atom stereocenters. The predicted octanol–water partition coefficient (Wildman–Crippen LogP) is 0.334. The van der Waals surface area contributed by atoms with Gasteiger partial charge in [0.15, 0.2) is 9.84 Å². The van der Waals surface area contributed by atoms with E-state index in [4.69, 9.17) is 0 Å². The number of hydrogen-bond donors (Lipinski definition) is 1. The Balaban J connectivity index is 1.66. The first-order valence-electron chi connectivity index (χ1n) is 7.27. The number of hydrogen-bond acceptors (Lipinski definition) is 4. The number of rotatable bonds is 3. The van der Waals surface area contributed by atoms with E-state index in [0.29, 0.717) is 18.5 Å². The van der Waals surface area contributed by atoms with Crippen molar-refractivity contribution in [2.45, 2.75) is 32.0 Å². The van der Waals surface area contributed by atoms with Crippen LogP contribution in [0.5, 0.6) is 0 Å². The van der Waals surface area contributed by atoms with E-state index < -0.39 is 15.9 Å². The summed E-state index contributed by atoms with van der Waals surface area (Å²) in [6.07, 6.45) is 0.439. The SMILES string of the molecule is C[C@@H](C(=O)NC1CCS(=O)(=O)C1)N1Cc2ccccc2C1=O. The summed E-state index contributed by atoms with van der Waals surface area (Å²) >= 11 is 0. The molecule has 1 saturated heterocycles. The second-order valence-electron chi connectivity index (χ2n) is 5.87. The van der Waals surface area contributed by atoms with Crippen LogP contribution in [-0.4, -0.2) is 48.7 Å². The number of fused-ring (bicyclic) bond motifs is 1. The van der Waals surface area contributed by atoms with Crippen LogP contribution in [0, 0.1) is 0 Å². The first-order valence-corrected chi connectivity index (χ1v) is 9.09. The molecule has 118 valence electrons. The first kappa shape index (κ1) is 15.0. The van der Waals surface area contributed by atoms with Crippen LogP contribution in [0.25, 0.3) is 0 Å². The number of nitrogens with zero attached hydrogens (tertiary/aromatic N) is 1. The fourth-order valence-electron chi connectivity index (χ4n) is 2.96. The van der Waals surface area contributed by atoms with E-state index in [-0.39, 0.29) is 29.4 Å². The molecule has 2 heterocycles. The van der Waals surface area contributed by atoms with Gasteiger partial charge in [-0.2, -0.15) is 0 Å². The Morgan fingerprint density at radius 3 is 2.73 bits per heavy atom. The summed E-state index contributed by atoms with van der Waals surface area (Å²) in [5, 5.41) is 2.75. The number of amides is 2. The summed E-state index contributed by atoms with van der Waals surface area (Å²) in [6.45, 7) is 2.08. The zero-order chi connectivity index (χ0) is 15.9. The van der Waals surface area contributed by atoms with Crippen molar-refractivity contribution in [2.75, 3.05) is 11.5 Å². The summed E-state index contributed by atoms with van der Waals surface area (Å²) in [6, 6.07) is 6.33. The molecule has 0 saturated carbocycles. The average molecular weight is 322 g/mol. The monoisotopic (exact) mass is 322 g/mol. The van der Waals surface area contributed by atoms with Crippen molar-refractivity contribution in [3.63, 3.8) is 0 Å². The zero-order valence-electron chi connectivity index (χ0n) is 12.3. The molecule has 1 unspecified atom stereocenters. The number of carbonyl (C=O) groups is 2. The molecule has 1 N–H and O–H groups in total. The highest BCUT2D eigenvalue weighted by Gasteiger charge is 2.35. The maximum Gasteiger partial charge on any atom is 0.255 e. The highest BCUT2D eigenvalue weighted by molar-refractivity contribution is 7.91. The van der Waals surface area contributed by atoms with E-state index in [2.05, 4.69) is 5.32 Å². The molecule has 2 aliphatic rings. The summed E-state index contributed by atoms with van der Waals surface area (Å²) in [7, 11) is -3.04. The van der Waals surface area contributed by atoms with Crippen molar-refractivity contribution in [3.8, 4) is 0 Å². The smallest absolute Gasteiger partial charge is 0.255 e. The molecule has 2 aliphatic heterocycles. The minimum Gasteiger partial charge on any atom is -0.351 e. The second-order valence-corrected chi connectivity index (χ2v) is 8.10. The number of benzene rings is 1. The van der Waals surface area contributed by atoms with Crippen LogP contribution < -0.4 is 5.32 Å². The minimum atomic E-state index is -3.04. The summed E-state index contributed by atoms with van der Waals surface area (Å²) in [5.41, 5.74) is 1.54. The van der Waals surface area contributed by atoms with E-state index in [9.17, 15) is 18.0 Å². The Morgan fingerprint density at radius 2 is 2.09 bits per heavy atom. The fraction of sp³-hybridized carbons (Fsp3) is 0.467. The number of carbonyl (C=O) groups excluding carboxylic acids is 2. The Hall–Kier alpha value is -1.89. The van der Waals surface area contributed by atoms with Crippen molar-refractivity contribution >= 4 is 21.7 Å². The topological polar surface area (TPSA) is 83.6 Å². The van der Waals surface area contributed by atoms with Gasteiger partial charge in [0, 0.05) is 18.2 Å². The molecule has 2 amide bonds. The third kappa shape index (κ3) is 2.72. The van der Waals surface area contributed by atoms with E-state index in [1.165, 1.54) is 4.90 Å². The van der Waals surface area contributed by atoms with Crippen LogP contribution in [0.4, 0.5) is 0 Å². The van der Waals surface area contributed by atoms with Crippen molar-refractivity contribution in [1.29, 1.82) is 0 Å². The van der Waals surface area contributed by atoms with Gasteiger partial charge in [-0.15, -0.1) is 0 Å². The zero-order valence-corrected chi connectivity index (χ0v) is 13.1. The van der Waals surface area contributed by atoms with Crippen molar-refractivity contribution in [3.05, 3.63) is 35.4 Å². The van der Waals surface area contributed by atoms with Crippen molar-refractivity contribution in [2.24, 2.45) is 0 Å². The lowest BCUT2D eigenvalue weighted by Gasteiger charge is -2.24. The lowest BCUT2D eigenvalue weighted by molar-refractivity contribution is -0.125. The Bertz CT molecular complexity index is 729. The van der Waals surface area contributed by atoms with Gasteiger partial charge >= 0.3 is 0 Å². The van der Waals surface area contributed by atoms with Gasteiger partial charge in [-0.3, -0.25) is 9.59 Å². The normalized spacial score (nSPS) is 24.1. The molecule has 0 radical (unpaired) electrons. The molecule has 0 aromatic heterocycles. The summed E-state index contributed by atoms with van der Waals surface area (Å²) in [4.78, 5) is 26.1. The van der Waals surface area contributed by atoms with Crippen LogP contribution in [0.2, 0.25) is 0 Å². The molecule has 0 spiro atoms. The predicted molar refractivity (Wildman–Crippen MR) is 81.0 cm³/mol. The number of nitrogens with one attached hydrogen (secondary N) is 1. The van der Waals surface area contributed by atoms with Crippen LogP contribution >= 0.6 is 0 Å². The van der Waals surface area contributed by atoms with Gasteiger partial charge in [-0.1, -0.05) is 18.2 Å². The van der Waals surface area contributed by atoms with Gasteiger partial charge in [0.05, 0.1) is 11.5 Å². The Morgan fingerprint density at radius 1 is 1.36 bits per heavy atom. The van der Waals surface area contributed by atoms with Gasteiger partial charge in [-0.25, -0.2) is 8.42 Å². The lowest BCUT2D eigenvalue weighted by Crippen LogP contribution is -2.48.